The van der Waals surface area contributed by atoms with Crippen molar-refractivity contribution in [1.29, 1.82) is 0 Å². The van der Waals surface area contributed by atoms with E-state index in [2.05, 4.69) is 10.6 Å². The average Bonchev–Trinajstić information content (AvgIpc) is 2.92. The lowest BCUT2D eigenvalue weighted by Gasteiger charge is -2.14. The summed E-state index contributed by atoms with van der Waals surface area (Å²) in [6, 6.07) is 24.3. The molecular weight excluding hydrogens is 515 g/mol. The Balaban J connectivity index is 1.44. The van der Waals surface area contributed by atoms with Gasteiger partial charge in [-0.15, -0.1) is 0 Å². The summed E-state index contributed by atoms with van der Waals surface area (Å²) in [4.78, 5) is 25.5. The van der Waals surface area contributed by atoms with Crippen LogP contribution in [-0.4, -0.2) is 11.8 Å². The van der Waals surface area contributed by atoms with Crippen LogP contribution >= 0.6 is 11.6 Å². The maximum Gasteiger partial charge on any atom is 0.416 e. The highest BCUT2D eigenvalue weighted by Crippen LogP contribution is 2.32. The zero-order chi connectivity index (χ0) is 27.3. The Bertz CT molecular complexity index is 1440. The number of amides is 2. The molecule has 0 aliphatic rings. The van der Waals surface area contributed by atoms with E-state index in [0.29, 0.717) is 27.9 Å². The molecule has 4 N–H and O–H groups in total. The van der Waals surface area contributed by atoms with Crippen molar-refractivity contribution < 1.29 is 22.8 Å². The minimum atomic E-state index is -4.45. The number of alkyl halides is 3. The van der Waals surface area contributed by atoms with Crippen molar-refractivity contribution in [2.75, 3.05) is 5.32 Å². The molecule has 194 valence electrons. The van der Waals surface area contributed by atoms with Crippen molar-refractivity contribution in [3.8, 4) is 11.1 Å². The Morgan fingerprint density at radius 1 is 0.868 bits per heavy atom. The van der Waals surface area contributed by atoms with Crippen LogP contribution < -0.4 is 16.4 Å². The number of nitrogens with two attached hydrogens (primary N) is 1. The van der Waals surface area contributed by atoms with Gasteiger partial charge in [-0.05, 0) is 52.6 Å². The van der Waals surface area contributed by atoms with Crippen molar-refractivity contribution in [2.45, 2.75) is 18.8 Å². The van der Waals surface area contributed by atoms with Crippen LogP contribution in [0.15, 0.2) is 97.1 Å². The Morgan fingerprint density at radius 2 is 1.53 bits per heavy atom. The molecule has 2 amide bonds. The summed E-state index contributed by atoms with van der Waals surface area (Å²) in [5, 5.41) is 5.77. The lowest BCUT2D eigenvalue weighted by atomic mass is 9.98. The summed E-state index contributed by atoms with van der Waals surface area (Å²) >= 11 is 6.39. The number of carbonyl (C=O) groups is 2. The molecule has 4 rings (SSSR count). The first-order valence-electron chi connectivity index (χ1n) is 11.6. The van der Waals surface area contributed by atoms with Gasteiger partial charge >= 0.3 is 6.18 Å². The molecular formula is C29H23ClF3N3O2. The molecule has 0 aliphatic carbocycles. The third-order valence-electron chi connectivity index (χ3n) is 5.88. The van der Waals surface area contributed by atoms with Crippen LogP contribution in [0.3, 0.4) is 0 Å². The van der Waals surface area contributed by atoms with E-state index in [9.17, 15) is 22.8 Å². The van der Waals surface area contributed by atoms with E-state index < -0.39 is 23.7 Å². The maximum absolute atomic E-state index is 13.1. The van der Waals surface area contributed by atoms with E-state index >= 15 is 0 Å². The molecule has 0 bridgehead atoms. The number of carbonyl (C=O) groups excluding carboxylic acids is 2. The van der Waals surface area contributed by atoms with Crippen LogP contribution in [0, 0.1) is 0 Å². The van der Waals surface area contributed by atoms with Crippen LogP contribution in [0.2, 0.25) is 5.02 Å². The van der Waals surface area contributed by atoms with Crippen molar-refractivity contribution in [3.63, 3.8) is 0 Å². The predicted octanol–water partition coefficient (Wildman–Crippen LogP) is 6.59. The van der Waals surface area contributed by atoms with Crippen molar-refractivity contribution in [3.05, 3.63) is 124 Å². The first-order chi connectivity index (χ1) is 18.1. The van der Waals surface area contributed by atoms with Crippen molar-refractivity contribution in [2.24, 2.45) is 5.73 Å². The minimum absolute atomic E-state index is 0.185. The first kappa shape index (κ1) is 26.9. The number of halogens is 4. The summed E-state index contributed by atoms with van der Waals surface area (Å²) < 4.78 is 38.8. The first-order valence-corrected chi connectivity index (χ1v) is 12.0. The second-order valence-electron chi connectivity index (χ2n) is 8.50. The summed E-state index contributed by atoms with van der Waals surface area (Å²) in [5.74, 6) is -0.818. The number of hydrogen-bond donors (Lipinski definition) is 3. The van der Waals surface area contributed by atoms with Crippen LogP contribution in [0.1, 0.15) is 33.1 Å². The van der Waals surface area contributed by atoms with Gasteiger partial charge in [-0.25, -0.2) is 0 Å². The van der Waals surface area contributed by atoms with Crippen LogP contribution in [0.25, 0.3) is 11.1 Å². The summed E-state index contributed by atoms with van der Waals surface area (Å²) in [7, 11) is 0. The van der Waals surface area contributed by atoms with Gasteiger partial charge in [0.05, 0.1) is 16.3 Å². The van der Waals surface area contributed by atoms with Gasteiger partial charge in [0.15, 0.2) is 0 Å². The zero-order valence-corrected chi connectivity index (χ0v) is 20.7. The van der Waals surface area contributed by atoms with E-state index in [0.717, 1.165) is 12.1 Å². The third kappa shape index (κ3) is 6.40. The molecule has 9 heteroatoms. The number of anilines is 1. The van der Waals surface area contributed by atoms with E-state index in [-0.39, 0.29) is 23.0 Å². The van der Waals surface area contributed by atoms with Gasteiger partial charge in [0.2, 0.25) is 5.91 Å². The molecule has 1 atom stereocenters. The highest BCUT2D eigenvalue weighted by atomic mass is 35.5. The summed E-state index contributed by atoms with van der Waals surface area (Å²) in [6.45, 7) is 0.185. The van der Waals surface area contributed by atoms with Gasteiger partial charge in [0.1, 0.15) is 6.04 Å². The fourth-order valence-corrected chi connectivity index (χ4v) is 4.09. The van der Waals surface area contributed by atoms with Crippen LogP contribution in [0.5, 0.6) is 0 Å². The Kier molecular flexibility index (Phi) is 8.14. The van der Waals surface area contributed by atoms with Gasteiger partial charge in [-0.2, -0.15) is 13.2 Å². The SMILES string of the molecule is N[C@H](C(=O)NCc1ccc(NC(=O)c2ccccc2-c2ccc(C(F)(F)F)cc2)c(Cl)c1)c1ccccc1. The molecule has 38 heavy (non-hydrogen) atoms. The number of rotatable bonds is 7. The highest BCUT2D eigenvalue weighted by molar-refractivity contribution is 6.34. The molecule has 4 aromatic carbocycles. The van der Waals surface area contributed by atoms with E-state index in [1.165, 1.54) is 12.1 Å². The van der Waals surface area contributed by atoms with E-state index in [1.54, 1.807) is 66.7 Å². The largest absolute Gasteiger partial charge is 0.416 e. The van der Waals surface area contributed by atoms with E-state index in [4.69, 9.17) is 17.3 Å². The molecule has 0 heterocycles. The Labute approximate surface area is 222 Å². The topological polar surface area (TPSA) is 84.2 Å². The fraction of sp³-hybridized carbons (Fsp3) is 0.103. The molecule has 0 aliphatic heterocycles. The zero-order valence-electron chi connectivity index (χ0n) is 19.9. The number of hydrogen-bond acceptors (Lipinski definition) is 3. The molecule has 5 nitrogen and oxygen atoms in total. The van der Waals surface area contributed by atoms with Gasteiger partial charge in [-0.3, -0.25) is 9.59 Å². The number of nitrogens with one attached hydrogen (secondary N) is 2. The molecule has 0 fully saturated rings. The second-order valence-corrected chi connectivity index (χ2v) is 8.90. The highest BCUT2D eigenvalue weighted by Gasteiger charge is 2.30. The van der Waals surface area contributed by atoms with Gasteiger partial charge in [0.25, 0.3) is 5.91 Å². The molecule has 0 radical (unpaired) electrons. The lowest BCUT2D eigenvalue weighted by molar-refractivity contribution is -0.137. The molecule has 0 unspecified atom stereocenters. The smallest absolute Gasteiger partial charge is 0.350 e. The van der Waals surface area contributed by atoms with Crippen LogP contribution in [-0.2, 0) is 17.5 Å². The normalized spacial score (nSPS) is 12.0. The predicted molar refractivity (Wildman–Crippen MR) is 142 cm³/mol. The summed E-state index contributed by atoms with van der Waals surface area (Å²) in [5.41, 5.74) is 8.19. The third-order valence-corrected chi connectivity index (χ3v) is 6.20. The molecule has 0 spiro atoms. The summed E-state index contributed by atoms with van der Waals surface area (Å²) in [6.07, 6.45) is -4.45. The molecule has 4 aromatic rings. The second kappa shape index (κ2) is 11.5. The van der Waals surface area contributed by atoms with Gasteiger partial charge < -0.3 is 16.4 Å². The quantitative estimate of drug-likeness (QED) is 0.248. The molecule has 0 saturated heterocycles. The lowest BCUT2D eigenvalue weighted by Crippen LogP contribution is -2.33. The molecule has 0 saturated carbocycles. The number of benzene rings is 4. The molecule has 0 aromatic heterocycles. The van der Waals surface area contributed by atoms with Crippen LogP contribution in [0.4, 0.5) is 18.9 Å². The Hall–Kier alpha value is -4.14. The maximum atomic E-state index is 13.1. The monoisotopic (exact) mass is 537 g/mol. The van der Waals surface area contributed by atoms with Gasteiger partial charge in [0, 0.05) is 12.1 Å². The van der Waals surface area contributed by atoms with E-state index in [1.807, 2.05) is 6.07 Å². The fourth-order valence-electron chi connectivity index (χ4n) is 3.84. The minimum Gasteiger partial charge on any atom is -0.350 e. The average molecular weight is 538 g/mol. The van der Waals surface area contributed by atoms with Crippen molar-refractivity contribution in [1.82, 2.24) is 5.32 Å². The van der Waals surface area contributed by atoms with Crippen molar-refractivity contribution >= 4 is 29.1 Å². The van der Waals surface area contributed by atoms with Gasteiger partial charge in [-0.1, -0.05) is 78.3 Å². The standard InChI is InChI=1S/C29H23ClF3N3O2/c30-24-16-18(17-35-28(38)26(34)20-6-2-1-3-7-20)10-15-25(24)36-27(37)23-9-5-4-8-22(23)19-11-13-21(14-12-19)29(31,32)33/h1-16,26H,17,34H2,(H,35,38)(H,36,37)/t26-/m0/s1. The Morgan fingerprint density at radius 3 is 2.18 bits per heavy atom.